The van der Waals surface area contributed by atoms with Crippen LogP contribution in [0.3, 0.4) is 0 Å². The number of ether oxygens (including phenoxy) is 1. The molecule has 1 atom stereocenters. The van der Waals surface area contributed by atoms with E-state index in [4.69, 9.17) is 27.9 Å². The molecular formula is C16H17Cl2NO. The fourth-order valence-corrected chi connectivity index (χ4v) is 2.37. The van der Waals surface area contributed by atoms with Crippen molar-refractivity contribution in [1.29, 1.82) is 0 Å². The highest BCUT2D eigenvalue weighted by atomic mass is 35.5. The Labute approximate surface area is 129 Å². The van der Waals surface area contributed by atoms with Gasteiger partial charge in [-0.2, -0.15) is 0 Å². The van der Waals surface area contributed by atoms with Crippen molar-refractivity contribution in [1.82, 2.24) is 5.32 Å². The zero-order valence-corrected chi connectivity index (χ0v) is 13.0. The first-order valence-corrected chi connectivity index (χ1v) is 7.20. The second-order valence-corrected chi connectivity index (χ2v) is 5.39. The molecule has 20 heavy (non-hydrogen) atoms. The normalized spacial score (nSPS) is 12.2. The van der Waals surface area contributed by atoms with Crippen LogP contribution in [0.15, 0.2) is 42.5 Å². The number of rotatable bonds is 5. The molecule has 1 N–H and O–H groups in total. The van der Waals surface area contributed by atoms with E-state index in [1.807, 2.05) is 43.4 Å². The van der Waals surface area contributed by atoms with Gasteiger partial charge in [-0.1, -0.05) is 41.4 Å². The predicted octanol–water partition coefficient (Wildman–Crippen LogP) is 4.85. The van der Waals surface area contributed by atoms with E-state index in [0.717, 1.165) is 11.3 Å². The Balaban J connectivity index is 2.11. The summed E-state index contributed by atoms with van der Waals surface area (Å²) in [5.74, 6) is 0.806. The van der Waals surface area contributed by atoms with Crippen molar-refractivity contribution in [3.05, 3.63) is 63.6 Å². The molecule has 0 bridgehead atoms. The van der Waals surface area contributed by atoms with Gasteiger partial charge in [0.25, 0.3) is 0 Å². The molecule has 0 spiro atoms. The van der Waals surface area contributed by atoms with Gasteiger partial charge in [-0.15, -0.1) is 0 Å². The van der Waals surface area contributed by atoms with Crippen LogP contribution in [0, 0.1) is 0 Å². The molecule has 0 aromatic heterocycles. The zero-order valence-electron chi connectivity index (χ0n) is 11.5. The minimum absolute atomic E-state index is 0.280. The monoisotopic (exact) mass is 309 g/mol. The summed E-state index contributed by atoms with van der Waals surface area (Å²) in [7, 11) is 1.93. The smallest absolute Gasteiger partial charge is 0.120 e. The standard InChI is InChI=1S/C16H17Cl2NO/c1-11(19-2)12-5-3-6-13(9-12)20-10-14-15(17)7-4-8-16(14)18/h3-9,11,19H,10H2,1-2H3. The lowest BCUT2D eigenvalue weighted by molar-refractivity contribution is 0.306. The van der Waals surface area contributed by atoms with E-state index in [1.165, 1.54) is 5.56 Å². The Morgan fingerprint density at radius 1 is 1.10 bits per heavy atom. The predicted molar refractivity (Wildman–Crippen MR) is 84.7 cm³/mol. The number of hydrogen-bond donors (Lipinski definition) is 1. The van der Waals surface area contributed by atoms with Crippen molar-refractivity contribution in [2.24, 2.45) is 0 Å². The van der Waals surface area contributed by atoms with Crippen molar-refractivity contribution in [3.63, 3.8) is 0 Å². The molecule has 0 radical (unpaired) electrons. The molecule has 2 nitrogen and oxygen atoms in total. The number of nitrogens with one attached hydrogen (secondary N) is 1. The lowest BCUT2D eigenvalue weighted by Crippen LogP contribution is -2.12. The average molecular weight is 310 g/mol. The molecule has 0 saturated carbocycles. The zero-order chi connectivity index (χ0) is 14.5. The molecule has 0 amide bonds. The number of hydrogen-bond acceptors (Lipinski definition) is 2. The lowest BCUT2D eigenvalue weighted by Gasteiger charge is -2.13. The SMILES string of the molecule is CNC(C)c1cccc(OCc2c(Cl)cccc2Cl)c1. The Kier molecular flexibility index (Phi) is 5.30. The third-order valence-corrected chi connectivity index (χ3v) is 3.94. The molecular weight excluding hydrogens is 293 g/mol. The Morgan fingerprint density at radius 3 is 2.40 bits per heavy atom. The first kappa shape index (κ1) is 15.2. The highest BCUT2D eigenvalue weighted by Crippen LogP contribution is 2.26. The van der Waals surface area contributed by atoms with Crippen LogP contribution in [0.5, 0.6) is 5.75 Å². The van der Waals surface area contributed by atoms with Gasteiger partial charge in [0.15, 0.2) is 0 Å². The maximum atomic E-state index is 6.13. The third-order valence-electron chi connectivity index (χ3n) is 3.24. The molecule has 0 heterocycles. The van der Waals surface area contributed by atoms with Crippen molar-refractivity contribution >= 4 is 23.2 Å². The quantitative estimate of drug-likeness (QED) is 0.852. The first-order valence-electron chi connectivity index (χ1n) is 6.44. The van der Waals surface area contributed by atoms with Gasteiger partial charge in [0, 0.05) is 21.7 Å². The summed E-state index contributed by atoms with van der Waals surface area (Å²) in [6.07, 6.45) is 0. The van der Waals surface area contributed by atoms with Crippen LogP contribution >= 0.6 is 23.2 Å². The third kappa shape index (κ3) is 3.66. The molecule has 106 valence electrons. The maximum Gasteiger partial charge on any atom is 0.120 e. The van der Waals surface area contributed by atoms with E-state index in [1.54, 1.807) is 0 Å². The molecule has 0 fully saturated rings. The highest BCUT2D eigenvalue weighted by Gasteiger charge is 2.07. The van der Waals surface area contributed by atoms with Gasteiger partial charge in [0.2, 0.25) is 0 Å². The fraction of sp³-hybridized carbons (Fsp3) is 0.250. The Morgan fingerprint density at radius 2 is 1.75 bits per heavy atom. The Hall–Kier alpha value is -1.22. The summed E-state index contributed by atoms with van der Waals surface area (Å²) in [4.78, 5) is 0. The molecule has 4 heteroatoms. The topological polar surface area (TPSA) is 21.3 Å². The van der Waals surface area contributed by atoms with Crippen LogP contribution < -0.4 is 10.1 Å². The van der Waals surface area contributed by atoms with E-state index < -0.39 is 0 Å². The molecule has 0 aliphatic heterocycles. The van der Waals surface area contributed by atoms with Gasteiger partial charge >= 0.3 is 0 Å². The molecule has 2 aromatic carbocycles. The second kappa shape index (κ2) is 6.98. The van der Waals surface area contributed by atoms with E-state index in [-0.39, 0.29) is 6.04 Å². The van der Waals surface area contributed by atoms with Crippen molar-refractivity contribution in [3.8, 4) is 5.75 Å². The van der Waals surface area contributed by atoms with E-state index in [9.17, 15) is 0 Å². The minimum Gasteiger partial charge on any atom is -0.489 e. The fourth-order valence-electron chi connectivity index (χ4n) is 1.87. The van der Waals surface area contributed by atoms with Crippen LogP contribution in [-0.4, -0.2) is 7.05 Å². The van der Waals surface area contributed by atoms with E-state index >= 15 is 0 Å². The Bertz CT molecular complexity index is 566. The highest BCUT2D eigenvalue weighted by molar-refractivity contribution is 6.35. The molecule has 1 unspecified atom stereocenters. The first-order chi connectivity index (χ1) is 9.61. The summed E-state index contributed by atoms with van der Waals surface area (Å²) in [5.41, 5.74) is 1.98. The largest absolute Gasteiger partial charge is 0.489 e. The van der Waals surface area contributed by atoms with Gasteiger partial charge < -0.3 is 10.1 Å². The lowest BCUT2D eigenvalue weighted by atomic mass is 10.1. The van der Waals surface area contributed by atoms with E-state index in [0.29, 0.717) is 16.7 Å². The molecule has 0 aliphatic carbocycles. The van der Waals surface area contributed by atoms with Gasteiger partial charge in [-0.05, 0) is 43.8 Å². The van der Waals surface area contributed by atoms with Crippen molar-refractivity contribution in [2.45, 2.75) is 19.6 Å². The van der Waals surface area contributed by atoms with Gasteiger partial charge in [0.1, 0.15) is 12.4 Å². The summed E-state index contributed by atoms with van der Waals surface area (Å²) in [5, 5.41) is 4.45. The summed E-state index contributed by atoms with van der Waals surface area (Å²) in [6, 6.07) is 13.7. The number of halogens is 2. The van der Waals surface area contributed by atoms with Crippen LogP contribution in [0.2, 0.25) is 10.0 Å². The van der Waals surface area contributed by atoms with E-state index in [2.05, 4.69) is 18.3 Å². The summed E-state index contributed by atoms with van der Waals surface area (Å²) >= 11 is 12.3. The maximum absolute atomic E-state index is 6.13. The van der Waals surface area contributed by atoms with Crippen LogP contribution in [0.4, 0.5) is 0 Å². The van der Waals surface area contributed by atoms with Crippen LogP contribution in [-0.2, 0) is 6.61 Å². The molecule has 0 saturated heterocycles. The molecule has 2 rings (SSSR count). The van der Waals surface area contributed by atoms with Gasteiger partial charge in [-0.25, -0.2) is 0 Å². The van der Waals surface area contributed by atoms with Gasteiger partial charge in [0.05, 0.1) is 0 Å². The van der Waals surface area contributed by atoms with Crippen LogP contribution in [0.25, 0.3) is 0 Å². The summed E-state index contributed by atoms with van der Waals surface area (Å²) in [6.45, 7) is 2.46. The molecule has 0 aliphatic rings. The van der Waals surface area contributed by atoms with Crippen LogP contribution in [0.1, 0.15) is 24.1 Å². The minimum atomic E-state index is 0.280. The summed E-state index contributed by atoms with van der Waals surface area (Å²) < 4.78 is 5.79. The number of benzene rings is 2. The van der Waals surface area contributed by atoms with Gasteiger partial charge in [-0.3, -0.25) is 0 Å². The van der Waals surface area contributed by atoms with Crippen molar-refractivity contribution < 1.29 is 4.74 Å². The average Bonchev–Trinajstić information content (AvgIpc) is 2.46. The van der Waals surface area contributed by atoms with Crippen molar-refractivity contribution in [2.75, 3.05) is 7.05 Å². The second-order valence-electron chi connectivity index (χ2n) is 4.57. The molecule has 2 aromatic rings.